The van der Waals surface area contributed by atoms with Crippen LogP contribution in [-0.2, 0) is 19.4 Å². The van der Waals surface area contributed by atoms with Crippen molar-refractivity contribution in [3.05, 3.63) is 76.9 Å². The van der Waals surface area contributed by atoms with Crippen LogP contribution in [0.4, 0.5) is 32.4 Å². The number of alkyl halides is 3. The zero-order valence-electron chi connectivity index (χ0n) is 23.9. The lowest BCUT2D eigenvalue weighted by Crippen LogP contribution is -2.54. The quantitative estimate of drug-likeness (QED) is 0.274. The molecule has 236 valence electrons. The van der Waals surface area contributed by atoms with Crippen molar-refractivity contribution in [3.63, 3.8) is 0 Å². The van der Waals surface area contributed by atoms with E-state index >= 15 is 0 Å². The van der Waals surface area contributed by atoms with Crippen LogP contribution in [-0.4, -0.2) is 73.9 Å². The van der Waals surface area contributed by atoms with Gasteiger partial charge in [0.1, 0.15) is 18.1 Å². The Labute approximate surface area is 251 Å². The Morgan fingerprint density at radius 2 is 1.77 bits per heavy atom. The number of amides is 2. The first-order valence-electron chi connectivity index (χ1n) is 14.8. The highest BCUT2D eigenvalue weighted by Gasteiger charge is 2.37. The van der Waals surface area contributed by atoms with Gasteiger partial charge in [-0.25, -0.2) is 13.6 Å². The van der Waals surface area contributed by atoms with Crippen LogP contribution in [0.1, 0.15) is 60.4 Å². The molecule has 0 aliphatic carbocycles. The average molecular weight is 620 g/mol. The first-order valence-corrected chi connectivity index (χ1v) is 14.8. The number of urea groups is 1. The molecule has 9 nitrogen and oxygen atoms in total. The second-order valence-electron chi connectivity index (χ2n) is 11.7. The predicted molar refractivity (Wildman–Crippen MR) is 150 cm³/mol. The van der Waals surface area contributed by atoms with Gasteiger partial charge in [-0.1, -0.05) is 30.3 Å². The summed E-state index contributed by atoms with van der Waals surface area (Å²) in [5.41, 5.74) is 1.97. The minimum absolute atomic E-state index is 0.0133. The Morgan fingerprint density at radius 1 is 1.00 bits per heavy atom. The Morgan fingerprint density at radius 3 is 2.55 bits per heavy atom. The van der Waals surface area contributed by atoms with Crippen LogP contribution >= 0.6 is 0 Å². The Bertz CT molecular complexity index is 1490. The molecule has 3 N–H and O–H groups in total. The van der Waals surface area contributed by atoms with Crippen molar-refractivity contribution < 1.29 is 31.9 Å². The van der Waals surface area contributed by atoms with Crippen molar-refractivity contribution in [2.75, 3.05) is 25.0 Å². The van der Waals surface area contributed by atoms with Gasteiger partial charge in [-0.05, 0) is 55.4 Å². The molecule has 4 heterocycles. The molecule has 2 aromatic carbocycles. The van der Waals surface area contributed by atoms with Crippen molar-refractivity contribution in [2.45, 2.75) is 75.6 Å². The number of fused-ring (bicyclic) bond motifs is 2. The number of aliphatic hydroxyl groups is 1. The number of rotatable bonds is 6. The Kier molecular flexibility index (Phi) is 8.57. The van der Waals surface area contributed by atoms with Crippen molar-refractivity contribution >= 4 is 11.7 Å². The minimum atomic E-state index is -4.55. The van der Waals surface area contributed by atoms with Crippen molar-refractivity contribution in [1.82, 2.24) is 29.9 Å². The number of benzene rings is 2. The van der Waals surface area contributed by atoms with E-state index in [-0.39, 0.29) is 35.8 Å². The van der Waals surface area contributed by atoms with Crippen LogP contribution in [0.3, 0.4) is 0 Å². The first-order chi connectivity index (χ1) is 21.1. The van der Waals surface area contributed by atoms with E-state index in [4.69, 9.17) is 0 Å². The maximum absolute atomic E-state index is 14.7. The molecule has 3 aliphatic heterocycles. The van der Waals surface area contributed by atoms with Crippen LogP contribution in [0, 0.1) is 11.6 Å². The van der Waals surface area contributed by atoms with Crippen LogP contribution < -0.4 is 10.6 Å². The third-order valence-corrected chi connectivity index (χ3v) is 8.93. The fraction of sp³-hybridized carbons (Fsp3) is 0.500. The smallest absolute Gasteiger partial charge is 0.365 e. The summed E-state index contributed by atoms with van der Waals surface area (Å²) in [5, 5.41) is 25.1. The Hall–Kier alpha value is -3.62. The molecule has 0 saturated carbocycles. The van der Waals surface area contributed by atoms with E-state index in [2.05, 4.69) is 20.8 Å². The van der Waals surface area contributed by atoms with E-state index in [9.17, 15) is 31.9 Å². The fourth-order valence-electron chi connectivity index (χ4n) is 6.64. The molecule has 0 bridgehead atoms. The SMILES string of the molecule is O=C1Nc2ccccc2CCN1C1CCN(C(O)N[C@@H]2CC[C@@H](c3cccc(F)c3F)Cn3c(CC(F)(F)F)nnc32)CC1. The molecule has 1 aromatic heterocycles. The zero-order chi connectivity index (χ0) is 31.0. The number of para-hydroxylation sites is 1. The molecule has 1 saturated heterocycles. The number of nitrogens with zero attached hydrogens (tertiary/aromatic N) is 5. The lowest BCUT2D eigenvalue weighted by Gasteiger charge is -2.40. The average Bonchev–Trinajstić information content (AvgIpc) is 3.16. The summed E-state index contributed by atoms with van der Waals surface area (Å²) in [6.07, 6.45) is -4.42. The summed E-state index contributed by atoms with van der Waals surface area (Å²) in [4.78, 5) is 16.6. The maximum atomic E-state index is 14.7. The summed E-state index contributed by atoms with van der Waals surface area (Å²) in [5.74, 6) is -2.80. The minimum Gasteiger partial charge on any atom is -0.365 e. The molecule has 0 radical (unpaired) electrons. The second-order valence-corrected chi connectivity index (χ2v) is 11.7. The number of piperidine rings is 1. The fourth-order valence-corrected chi connectivity index (χ4v) is 6.64. The number of hydrogen-bond donors (Lipinski definition) is 3. The molecule has 14 heteroatoms. The van der Waals surface area contributed by atoms with E-state index in [0.29, 0.717) is 45.3 Å². The molecule has 6 rings (SSSR count). The van der Waals surface area contributed by atoms with Crippen LogP contribution in [0.5, 0.6) is 0 Å². The molecule has 3 atom stereocenters. The number of aliphatic hydroxyl groups excluding tert-OH is 1. The molecule has 3 aromatic rings. The van der Waals surface area contributed by atoms with Gasteiger partial charge < -0.3 is 19.9 Å². The summed E-state index contributed by atoms with van der Waals surface area (Å²) >= 11 is 0. The van der Waals surface area contributed by atoms with Gasteiger partial charge in [-0.2, -0.15) is 13.2 Å². The van der Waals surface area contributed by atoms with E-state index in [1.165, 1.54) is 16.7 Å². The number of nitrogens with one attached hydrogen (secondary N) is 2. The summed E-state index contributed by atoms with van der Waals surface area (Å²) in [7, 11) is 0. The zero-order valence-corrected chi connectivity index (χ0v) is 23.9. The molecule has 2 amide bonds. The van der Waals surface area contributed by atoms with Gasteiger partial charge in [0.05, 0.1) is 6.04 Å². The topological polar surface area (TPSA) is 98.6 Å². The van der Waals surface area contributed by atoms with E-state index in [1.807, 2.05) is 34.1 Å². The summed E-state index contributed by atoms with van der Waals surface area (Å²) in [6, 6.07) is 10.7. The van der Waals surface area contributed by atoms with Crippen LogP contribution in [0.2, 0.25) is 0 Å². The number of aromatic nitrogens is 3. The monoisotopic (exact) mass is 619 g/mol. The normalized spacial score (nSPS) is 22.5. The second kappa shape index (κ2) is 12.4. The number of halogens is 5. The van der Waals surface area contributed by atoms with E-state index < -0.39 is 42.5 Å². The van der Waals surface area contributed by atoms with Crippen LogP contribution in [0.15, 0.2) is 42.5 Å². The molecule has 1 fully saturated rings. The maximum Gasteiger partial charge on any atom is 0.396 e. The summed E-state index contributed by atoms with van der Waals surface area (Å²) < 4.78 is 70.2. The largest absolute Gasteiger partial charge is 0.396 e. The van der Waals surface area contributed by atoms with E-state index in [0.717, 1.165) is 23.7 Å². The Balaban J connectivity index is 1.14. The molecule has 1 unspecified atom stereocenters. The molecule has 44 heavy (non-hydrogen) atoms. The summed E-state index contributed by atoms with van der Waals surface area (Å²) in [6.45, 7) is 1.48. The lowest BCUT2D eigenvalue weighted by atomic mass is 9.93. The highest BCUT2D eigenvalue weighted by atomic mass is 19.4. The van der Waals surface area contributed by atoms with Crippen LogP contribution in [0.25, 0.3) is 0 Å². The highest BCUT2D eigenvalue weighted by Crippen LogP contribution is 2.36. The molecule has 0 spiro atoms. The van der Waals surface area contributed by atoms with E-state index in [1.54, 1.807) is 0 Å². The van der Waals surface area contributed by atoms with Gasteiger partial charge >= 0.3 is 12.2 Å². The third kappa shape index (κ3) is 6.42. The first kappa shape index (κ1) is 30.4. The van der Waals surface area contributed by atoms with Gasteiger partial charge in [-0.3, -0.25) is 10.2 Å². The number of carbonyl (C=O) groups excluding carboxylic acids is 1. The molecule has 3 aliphatic rings. The number of anilines is 1. The van der Waals surface area contributed by atoms with Gasteiger partial charge in [0.2, 0.25) is 0 Å². The highest BCUT2D eigenvalue weighted by molar-refractivity contribution is 5.91. The van der Waals surface area contributed by atoms with Crippen molar-refractivity contribution in [2.24, 2.45) is 0 Å². The third-order valence-electron chi connectivity index (χ3n) is 8.93. The molecular formula is C30H34F5N7O2. The number of hydrogen-bond acceptors (Lipinski definition) is 6. The number of carbonyl (C=O) groups is 1. The van der Waals surface area contributed by atoms with Gasteiger partial charge in [0.15, 0.2) is 18.0 Å². The standard InChI is InChI=1S/C30H34F5N7O2/c31-22-6-3-5-21(26(22)32)19-8-9-24(27-39-38-25(42(27)17-19)16-30(33,34)35)37-28(43)40-13-11-20(12-14-40)41-15-10-18-4-1-2-7-23(18)36-29(41)44/h1-7,19-20,24,28,37,43H,8-17H2,(H,36,44)/t19-,24-,28?/m1/s1. The van der Waals surface area contributed by atoms with Crippen molar-refractivity contribution in [1.29, 1.82) is 0 Å². The predicted octanol–water partition coefficient (Wildman–Crippen LogP) is 4.70. The van der Waals surface area contributed by atoms with Gasteiger partial charge in [0, 0.05) is 43.8 Å². The molecular weight excluding hydrogens is 585 g/mol. The van der Waals surface area contributed by atoms with Crippen molar-refractivity contribution in [3.8, 4) is 0 Å². The van der Waals surface area contributed by atoms with Gasteiger partial charge in [0.25, 0.3) is 0 Å². The number of likely N-dealkylation sites (tertiary alicyclic amines) is 1. The van der Waals surface area contributed by atoms with Gasteiger partial charge in [-0.15, -0.1) is 10.2 Å². The lowest BCUT2D eigenvalue weighted by molar-refractivity contribution is -0.129.